The van der Waals surface area contributed by atoms with Crippen molar-refractivity contribution in [3.63, 3.8) is 0 Å². The number of hydrogen-bond acceptors (Lipinski definition) is 3. The van der Waals surface area contributed by atoms with E-state index < -0.39 is 5.97 Å². The van der Waals surface area contributed by atoms with Gasteiger partial charge in [-0.2, -0.15) is 5.10 Å². The molecule has 6 nitrogen and oxygen atoms in total. The van der Waals surface area contributed by atoms with E-state index in [2.05, 4.69) is 10.4 Å². The lowest BCUT2D eigenvalue weighted by Gasteiger charge is -2.06. The van der Waals surface area contributed by atoms with Crippen molar-refractivity contribution < 1.29 is 14.7 Å². The Hall–Kier alpha value is -1.85. The van der Waals surface area contributed by atoms with Crippen molar-refractivity contribution in [2.45, 2.75) is 39.3 Å². The maximum Gasteiger partial charge on any atom is 0.303 e. The first-order valence-electron chi connectivity index (χ1n) is 5.62. The lowest BCUT2D eigenvalue weighted by atomic mass is 10.2. The number of carboxylic acid groups (broad SMARTS) is 1. The van der Waals surface area contributed by atoms with Crippen LogP contribution in [0.1, 0.15) is 31.9 Å². The first kappa shape index (κ1) is 13.2. The van der Waals surface area contributed by atoms with Crippen LogP contribution in [0.25, 0.3) is 0 Å². The fourth-order valence-electron chi connectivity index (χ4n) is 1.47. The topological polar surface area (TPSA) is 84.2 Å². The molecule has 94 valence electrons. The second kappa shape index (κ2) is 6.67. The molecule has 0 atom stereocenters. The summed E-state index contributed by atoms with van der Waals surface area (Å²) in [7, 11) is 0. The monoisotopic (exact) mass is 239 g/mol. The molecule has 0 aromatic carbocycles. The molecule has 1 aromatic heterocycles. The van der Waals surface area contributed by atoms with Gasteiger partial charge in [-0.1, -0.05) is 0 Å². The van der Waals surface area contributed by atoms with Crippen LogP contribution in [0.2, 0.25) is 0 Å². The average molecular weight is 239 g/mol. The van der Waals surface area contributed by atoms with E-state index in [-0.39, 0.29) is 18.7 Å². The molecule has 0 radical (unpaired) electrons. The Balaban J connectivity index is 2.26. The van der Waals surface area contributed by atoms with Crippen LogP contribution in [-0.2, 0) is 22.7 Å². The van der Waals surface area contributed by atoms with Crippen molar-refractivity contribution >= 4 is 11.9 Å². The Morgan fingerprint density at radius 1 is 1.47 bits per heavy atom. The van der Waals surface area contributed by atoms with Crippen LogP contribution in [0.4, 0.5) is 0 Å². The predicted molar refractivity (Wildman–Crippen MR) is 61.2 cm³/mol. The second-order valence-electron chi connectivity index (χ2n) is 3.66. The highest BCUT2D eigenvalue weighted by molar-refractivity contribution is 5.76. The highest BCUT2D eigenvalue weighted by Gasteiger charge is 2.05. The molecule has 1 heterocycles. The van der Waals surface area contributed by atoms with Crippen LogP contribution in [0.3, 0.4) is 0 Å². The largest absolute Gasteiger partial charge is 0.481 e. The van der Waals surface area contributed by atoms with E-state index in [9.17, 15) is 9.59 Å². The number of aromatic nitrogens is 2. The number of hydrogen-bond donors (Lipinski definition) is 2. The highest BCUT2D eigenvalue weighted by atomic mass is 16.4. The van der Waals surface area contributed by atoms with Gasteiger partial charge in [0.25, 0.3) is 0 Å². The Labute approximate surface area is 99.6 Å². The van der Waals surface area contributed by atoms with Crippen molar-refractivity contribution in [3.05, 3.63) is 18.0 Å². The van der Waals surface area contributed by atoms with Gasteiger partial charge >= 0.3 is 5.97 Å². The summed E-state index contributed by atoms with van der Waals surface area (Å²) < 4.78 is 1.80. The molecule has 0 spiro atoms. The minimum atomic E-state index is -0.873. The zero-order chi connectivity index (χ0) is 12.7. The summed E-state index contributed by atoms with van der Waals surface area (Å²) in [6.07, 6.45) is 2.33. The van der Waals surface area contributed by atoms with Gasteiger partial charge < -0.3 is 10.4 Å². The Morgan fingerprint density at radius 2 is 2.24 bits per heavy atom. The number of nitrogens with zero attached hydrogens (tertiary/aromatic N) is 2. The van der Waals surface area contributed by atoms with Crippen LogP contribution in [0.5, 0.6) is 0 Å². The third-order valence-electron chi connectivity index (χ3n) is 2.37. The number of amides is 1. The van der Waals surface area contributed by atoms with Gasteiger partial charge in [-0.05, 0) is 19.4 Å². The third-order valence-corrected chi connectivity index (χ3v) is 2.37. The Kier molecular flexibility index (Phi) is 5.19. The van der Waals surface area contributed by atoms with Crippen molar-refractivity contribution in [2.75, 3.05) is 0 Å². The molecule has 6 heteroatoms. The SMILES string of the molecule is CCn1nccc1CNC(=O)CCCC(=O)O. The number of carbonyl (C=O) groups is 2. The molecule has 2 N–H and O–H groups in total. The average Bonchev–Trinajstić information content (AvgIpc) is 2.73. The molecular formula is C11H17N3O3. The molecule has 0 unspecified atom stereocenters. The van der Waals surface area contributed by atoms with Crippen molar-refractivity contribution in [1.82, 2.24) is 15.1 Å². The smallest absolute Gasteiger partial charge is 0.303 e. The summed E-state index contributed by atoms with van der Waals surface area (Å²) in [6.45, 7) is 3.17. The summed E-state index contributed by atoms with van der Waals surface area (Å²) >= 11 is 0. The van der Waals surface area contributed by atoms with Gasteiger partial charge in [-0.15, -0.1) is 0 Å². The van der Waals surface area contributed by atoms with E-state index in [1.54, 1.807) is 10.9 Å². The number of carbonyl (C=O) groups excluding carboxylic acids is 1. The molecule has 17 heavy (non-hydrogen) atoms. The normalized spacial score (nSPS) is 10.2. The summed E-state index contributed by atoms with van der Waals surface area (Å²) in [5, 5.41) is 15.3. The van der Waals surface area contributed by atoms with Crippen LogP contribution >= 0.6 is 0 Å². The van der Waals surface area contributed by atoms with Gasteiger partial charge in [0, 0.05) is 25.6 Å². The minimum absolute atomic E-state index is 0.0281. The van der Waals surface area contributed by atoms with Gasteiger partial charge in [-0.25, -0.2) is 0 Å². The van der Waals surface area contributed by atoms with Gasteiger partial charge in [0.1, 0.15) is 0 Å². The second-order valence-corrected chi connectivity index (χ2v) is 3.66. The molecule has 0 aliphatic carbocycles. The fourth-order valence-corrected chi connectivity index (χ4v) is 1.47. The first-order valence-corrected chi connectivity index (χ1v) is 5.62. The molecule has 0 fully saturated rings. The summed E-state index contributed by atoms with van der Waals surface area (Å²) in [5.41, 5.74) is 0.944. The third kappa shape index (κ3) is 4.67. The standard InChI is InChI=1S/C11H17N3O3/c1-2-14-9(6-7-13-14)8-12-10(15)4-3-5-11(16)17/h6-7H,2-5,8H2,1H3,(H,12,15)(H,16,17). The fraction of sp³-hybridized carbons (Fsp3) is 0.545. The van der Waals surface area contributed by atoms with E-state index in [4.69, 9.17) is 5.11 Å². The zero-order valence-electron chi connectivity index (χ0n) is 9.85. The molecular weight excluding hydrogens is 222 g/mol. The minimum Gasteiger partial charge on any atom is -0.481 e. The summed E-state index contributed by atoms with van der Waals surface area (Å²) in [4.78, 5) is 21.7. The number of aliphatic carboxylic acids is 1. The molecule has 0 aliphatic rings. The predicted octanol–water partition coefficient (Wildman–Crippen LogP) is 0.774. The van der Waals surface area contributed by atoms with Gasteiger partial charge in [-0.3, -0.25) is 14.3 Å². The van der Waals surface area contributed by atoms with E-state index in [0.717, 1.165) is 12.2 Å². The summed E-state index contributed by atoms with van der Waals surface area (Å²) in [5.74, 6) is -1.00. The quantitative estimate of drug-likeness (QED) is 0.736. The summed E-state index contributed by atoms with van der Waals surface area (Å²) in [6, 6.07) is 1.85. The van der Waals surface area contributed by atoms with Gasteiger partial charge in [0.05, 0.1) is 12.2 Å². The molecule has 0 saturated carbocycles. The van der Waals surface area contributed by atoms with Crippen molar-refractivity contribution in [2.24, 2.45) is 0 Å². The van der Waals surface area contributed by atoms with Crippen molar-refractivity contribution in [1.29, 1.82) is 0 Å². The first-order chi connectivity index (χ1) is 8.13. The molecule has 1 rings (SSSR count). The molecule has 0 saturated heterocycles. The van der Waals surface area contributed by atoms with E-state index in [1.807, 2.05) is 13.0 Å². The molecule has 0 bridgehead atoms. The van der Waals surface area contributed by atoms with E-state index >= 15 is 0 Å². The lowest BCUT2D eigenvalue weighted by Crippen LogP contribution is -2.24. The maximum atomic E-state index is 11.4. The molecule has 0 aliphatic heterocycles. The van der Waals surface area contributed by atoms with Crippen molar-refractivity contribution in [3.8, 4) is 0 Å². The number of rotatable bonds is 7. The highest BCUT2D eigenvalue weighted by Crippen LogP contribution is 1.99. The van der Waals surface area contributed by atoms with Crippen LogP contribution < -0.4 is 5.32 Å². The number of carboxylic acids is 1. The number of aryl methyl sites for hydroxylation is 1. The molecule has 1 aromatic rings. The van der Waals surface area contributed by atoms with Gasteiger partial charge in [0.15, 0.2) is 0 Å². The van der Waals surface area contributed by atoms with Gasteiger partial charge in [0.2, 0.25) is 5.91 Å². The van der Waals surface area contributed by atoms with Crippen LogP contribution in [-0.4, -0.2) is 26.8 Å². The number of nitrogens with one attached hydrogen (secondary N) is 1. The van der Waals surface area contributed by atoms with E-state index in [1.165, 1.54) is 0 Å². The lowest BCUT2D eigenvalue weighted by molar-refractivity contribution is -0.137. The van der Waals surface area contributed by atoms with Crippen LogP contribution in [0, 0.1) is 0 Å². The molecule has 1 amide bonds. The Morgan fingerprint density at radius 3 is 2.88 bits per heavy atom. The van der Waals surface area contributed by atoms with Crippen LogP contribution in [0.15, 0.2) is 12.3 Å². The van der Waals surface area contributed by atoms with E-state index in [0.29, 0.717) is 13.0 Å². The Bertz CT molecular complexity index is 387. The maximum absolute atomic E-state index is 11.4. The zero-order valence-corrected chi connectivity index (χ0v) is 9.85.